The Morgan fingerprint density at radius 1 is 1.21 bits per heavy atom. The molecule has 0 amide bonds. The summed E-state index contributed by atoms with van der Waals surface area (Å²) in [6.07, 6.45) is 0.795. The minimum atomic E-state index is -0.914. The van der Waals surface area contributed by atoms with Gasteiger partial charge in [-0.05, 0) is 44.1 Å². The van der Waals surface area contributed by atoms with E-state index in [1.54, 1.807) is 0 Å². The fourth-order valence-electron chi connectivity index (χ4n) is 4.20. The molecule has 5 nitrogen and oxygen atoms in total. The summed E-state index contributed by atoms with van der Waals surface area (Å²) in [6.45, 7) is 4.72. The second kappa shape index (κ2) is 7.43. The van der Waals surface area contributed by atoms with E-state index in [-0.39, 0.29) is 12.0 Å². The summed E-state index contributed by atoms with van der Waals surface area (Å²) in [7, 11) is 0. The average molecular weight is 397 g/mol. The zero-order valence-electron chi connectivity index (χ0n) is 16.1. The molecule has 2 aromatic carbocycles. The van der Waals surface area contributed by atoms with Crippen molar-refractivity contribution in [2.75, 3.05) is 13.2 Å². The van der Waals surface area contributed by atoms with Gasteiger partial charge in [0.25, 0.3) is 0 Å². The molecule has 0 radical (unpaired) electrons. The lowest BCUT2D eigenvalue weighted by Crippen LogP contribution is -2.71. The van der Waals surface area contributed by atoms with Crippen LogP contribution in [0.5, 0.6) is 5.75 Å². The maximum atomic E-state index is 12.9. The first-order valence-corrected chi connectivity index (χ1v) is 10.0. The molecule has 146 valence electrons. The fourth-order valence-corrected chi connectivity index (χ4v) is 4.60. The molecule has 2 aromatic rings. The highest BCUT2D eigenvalue weighted by Crippen LogP contribution is 2.48. The lowest BCUT2D eigenvalue weighted by atomic mass is 9.79. The van der Waals surface area contributed by atoms with E-state index < -0.39 is 11.6 Å². The molecule has 2 bridgehead atoms. The van der Waals surface area contributed by atoms with Crippen molar-refractivity contribution in [1.82, 2.24) is 10.2 Å². The van der Waals surface area contributed by atoms with Gasteiger partial charge in [0.2, 0.25) is 0 Å². The molecule has 1 N–H and O–H groups in total. The Morgan fingerprint density at radius 2 is 1.93 bits per heavy atom. The first-order valence-electron chi connectivity index (χ1n) is 9.61. The molecular weight excluding hydrogens is 372 g/mol. The largest absolute Gasteiger partial charge is 0.467 e. The van der Waals surface area contributed by atoms with Gasteiger partial charge in [-0.15, -0.1) is 0 Å². The van der Waals surface area contributed by atoms with E-state index in [0.29, 0.717) is 18.3 Å². The quantitative estimate of drug-likeness (QED) is 0.617. The molecule has 0 aliphatic carbocycles. The number of para-hydroxylation sites is 1. The van der Waals surface area contributed by atoms with Crippen LogP contribution in [0.25, 0.3) is 0 Å². The Bertz CT molecular complexity index is 888. The lowest BCUT2D eigenvalue weighted by molar-refractivity contribution is -0.175. The smallest absolute Gasteiger partial charge is 0.317 e. The van der Waals surface area contributed by atoms with Crippen molar-refractivity contribution in [2.45, 2.75) is 32.0 Å². The number of hydrogen-bond donors (Lipinski definition) is 1. The number of carbonyl (C=O) groups excluding carboxylic acids is 1. The number of rotatable bonds is 5. The first kappa shape index (κ1) is 18.7. The molecule has 1 saturated heterocycles. The number of hydrogen-bond acceptors (Lipinski definition) is 4. The van der Waals surface area contributed by atoms with Crippen molar-refractivity contribution in [1.29, 1.82) is 0 Å². The molecule has 0 unspecified atom stereocenters. The van der Waals surface area contributed by atoms with Crippen LogP contribution < -0.4 is 10.1 Å². The molecule has 0 saturated carbocycles. The Morgan fingerprint density at radius 3 is 2.68 bits per heavy atom. The SMILES string of the molecule is CCOC(=O)[C@H]1[C@H]2NC(=S)N(CCc3ccccc3)[C@@]1(C)Oc1ccccc12. The maximum Gasteiger partial charge on any atom is 0.317 e. The second-order valence-corrected chi connectivity index (χ2v) is 7.63. The summed E-state index contributed by atoms with van der Waals surface area (Å²) in [5.41, 5.74) is 1.23. The molecule has 2 aliphatic heterocycles. The van der Waals surface area contributed by atoms with Crippen LogP contribution in [0.3, 0.4) is 0 Å². The van der Waals surface area contributed by atoms with E-state index >= 15 is 0 Å². The molecule has 1 fully saturated rings. The molecule has 2 heterocycles. The Hall–Kier alpha value is -2.60. The monoisotopic (exact) mass is 396 g/mol. The molecule has 4 rings (SSSR count). The third-order valence-electron chi connectivity index (χ3n) is 5.55. The van der Waals surface area contributed by atoms with Gasteiger partial charge in [0.15, 0.2) is 10.8 Å². The summed E-state index contributed by atoms with van der Waals surface area (Å²) in [5, 5.41) is 3.98. The van der Waals surface area contributed by atoms with Crippen molar-refractivity contribution in [3.05, 3.63) is 65.7 Å². The summed E-state index contributed by atoms with van der Waals surface area (Å²) >= 11 is 5.68. The number of nitrogens with zero attached hydrogens (tertiary/aromatic N) is 1. The van der Waals surface area contributed by atoms with Gasteiger partial charge >= 0.3 is 5.97 Å². The van der Waals surface area contributed by atoms with Crippen molar-refractivity contribution >= 4 is 23.3 Å². The van der Waals surface area contributed by atoms with E-state index in [0.717, 1.165) is 17.7 Å². The van der Waals surface area contributed by atoms with Gasteiger partial charge in [-0.25, -0.2) is 0 Å². The van der Waals surface area contributed by atoms with Crippen LogP contribution in [0.2, 0.25) is 0 Å². The third-order valence-corrected chi connectivity index (χ3v) is 5.89. The normalized spacial score (nSPS) is 25.4. The maximum absolute atomic E-state index is 12.9. The van der Waals surface area contributed by atoms with E-state index in [1.165, 1.54) is 5.56 Å². The minimum absolute atomic E-state index is 0.269. The Balaban J connectivity index is 1.70. The van der Waals surface area contributed by atoms with Gasteiger partial charge in [0, 0.05) is 12.1 Å². The van der Waals surface area contributed by atoms with Crippen LogP contribution >= 0.6 is 12.2 Å². The third kappa shape index (κ3) is 3.11. The Labute approximate surface area is 170 Å². The summed E-state index contributed by atoms with van der Waals surface area (Å²) in [5.74, 6) is -0.0238. The molecule has 6 heteroatoms. The van der Waals surface area contributed by atoms with Crippen LogP contribution in [0.4, 0.5) is 0 Å². The van der Waals surface area contributed by atoms with Crippen LogP contribution in [0, 0.1) is 5.92 Å². The number of ether oxygens (including phenoxy) is 2. The van der Waals surface area contributed by atoms with Gasteiger partial charge in [-0.2, -0.15) is 0 Å². The van der Waals surface area contributed by atoms with Crippen molar-refractivity contribution in [3.63, 3.8) is 0 Å². The zero-order chi connectivity index (χ0) is 19.7. The molecule has 3 atom stereocenters. The van der Waals surface area contributed by atoms with E-state index in [2.05, 4.69) is 17.4 Å². The van der Waals surface area contributed by atoms with Crippen LogP contribution in [-0.4, -0.2) is 34.9 Å². The predicted octanol–water partition coefficient (Wildman–Crippen LogP) is 3.45. The standard InChI is InChI=1S/C22H24N2O3S/c1-3-26-20(25)18-19-16-11-7-8-12-17(16)27-22(18,2)24(21(28)23-19)14-13-15-9-5-4-6-10-15/h4-12,18-19H,3,13-14H2,1-2H3,(H,23,28)/t18-,19+,22+/m1/s1. The van der Waals surface area contributed by atoms with Crippen LogP contribution in [-0.2, 0) is 16.0 Å². The van der Waals surface area contributed by atoms with E-state index in [4.69, 9.17) is 21.7 Å². The zero-order valence-corrected chi connectivity index (χ0v) is 16.9. The number of thiocarbonyl (C=S) groups is 1. The first-order chi connectivity index (χ1) is 13.5. The predicted molar refractivity (Wildman–Crippen MR) is 111 cm³/mol. The molecule has 28 heavy (non-hydrogen) atoms. The highest BCUT2D eigenvalue weighted by molar-refractivity contribution is 7.80. The number of carbonyl (C=O) groups is 1. The Kier molecular flexibility index (Phi) is 4.98. The van der Waals surface area contributed by atoms with Crippen molar-refractivity contribution < 1.29 is 14.3 Å². The number of fused-ring (bicyclic) bond motifs is 4. The van der Waals surface area contributed by atoms with Gasteiger partial charge in [0.05, 0.1) is 12.6 Å². The van der Waals surface area contributed by atoms with Crippen LogP contribution in [0.15, 0.2) is 54.6 Å². The fraction of sp³-hybridized carbons (Fsp3) is 0.364. The number of benzene rings is 2. The van der Waals surface area contributed by atoms with Crippen molar-refractivity contribution in [2.24, 2.45) is 5.92 Å². The highest BCUT2D eigenvalue weighted by atomic mass is 32.1. The second-order valence-electron chi connectivity index (χ2n) is 7.24. The average Bonchev–Trinajstić information content (AvgIpc) is 2.68. The van der Waals surface area contributed by atoms with Crippen molar-refractivity contribution in [3.8, 4) is 5.75 Å². The molecule has 0 aromatic heterocycles. The number of esters is 1. The van der Waals surface area contributed by atoms with Gasteiger partial charge < -0.3 is 19.7 Å². The van der Waals surface area contributed by atoms with Gasteiger partial charge in [-0.1, -0.05) is 48.5 Å². The lowest BCUT2D eigenvalue weighted by Gasteiger charge is -2.55. The molecule has 0 spiro atoms. The topological polar surface area (TPSA) is 50.8 Å². The summed E-state index contributed by atoms with van der Waals surface area (Å²) < 4.78 is 11.9. The molecular formula is C22H24N2O3S. The summed E-state index contributed by atoms with van der Waals surface area (Å²) in [6, 6.07) is 17.7. The van der Waals surface area contributed by atoms with E-state index in [9.17, 15) is 4.79 Å². The highest BCUT2D eigenvalue weighted by Gasteiger charge is 2.59. The van der Waals surface area contributed by atoms with Crippen LogP contribution in [0.1, 0.15) is 31.0 Å². The van der Waals surface area contributed by atoms with Gasteiger partial charge in [0.1, 0.15) is 11.7 Å². The van der Waals surface area contributed by atoms with E-state index in [1.807, 2.05) is 61.2 Å². The molecule has 2 aliphatic rings. The number of nitrogens with one attached hydrogen (secondary N) is 1. The minimum Gasteiger partial charge on any atom is -0.467 e. The summed E-state index contributed by atoms with van der Waals surface area (Å²) in [4.78, 5) is 14.9. The van der Waals surface area contributed by atoms with Gasteiger partial charge in [-0.3, -0.25) is 4.79 Å².